The van der Waals surface area contributed by atoms with Crippen LogP contribution in [-0.4, -0.2) is 43.4 Å². The number of hydrogen-bond donors (Lipinski definition) is 1. The molecule has 1 N–H and O–H groups in total. The number of nitrogens with zero attached hydrogens (tertiary/aromatic N) is 4. The maximum Gasteiger partial charge on any atom is 0.277 e. The van der Waals surface area contributed by atoms with Crippen LogP contribution in [0.2, 0.25) is 0 Å². The minimum Gasteiger partial charge on any atom is -0.338 e. The number of aromatic nitrogens is 3. The Morgan fingerprint density at radius 2 is 2.17 bits per heavy atom. The number of thiophene rings is 1. The van der Waals surface area contributed by atoms with Crippen LogP contribution in [0.25, 0.3) is 5.65 Å². The topological polar surface area (TPSA) is 73.7 Å². The number of carbonyl (C=O) groups excluding carboxylic acids is 1. The number of amides is 1. The fourth-order valence-electron chi connectivity index (χ4n) is 4.74. The highest BCUT2D eigenvalue weighted by Crippen LogP contribution is 2.33. The summed E-state index contributed by atoms with van der Waals surface area (Å²) in [4.78, 5) is 36.6. The molecule has 8 heteroatoms. The van der Waals surface area contributed by atoms with Gasteiger partial charge >= 0.3 is 0 Å². The molecule has 0 unspecified atom stereocenters. The molecule has 1 amide bonds. The third kappa shape index (κ3) is 3.48. The monoisotopic (exact) mass is 425 g/mol. The number of fused-ring (bicyclic) bond motifs is 2. The summed E-state index contributed by atoms with van der Waals surface area (Å²) in [5.41, 5.74) is 3.12. The van der Waals surface area contributed by atoms with Gasteiger partial charge in [0.1, 0.15) is 0 Å². The van der Waals surface area contributed by atoms with Crippen LogP contribution in [0, 0.1) is 6.92 Å². The number of H-pyrrole nitrogens is 1. The summed E-state index contributed by atoms with van der Waals surface area (Å²) in [6.45, 7) is 6.66. The molecule has 0 spiro atoms. The molecule has 1 fully saturated rings. The van der Waals surface area contributed by atoms with E-state index < -0.39 is 0 Å². The van der Waals surface area contributed by atoms with Gasteiger partial charge in [0.2, 0.25) is 5.91 Å². The van der Waals surface area contributed by atoms with Gasteiger partial charge in [0.25, 0.3) is 5.56 Å². The number of aromatic amines is 1. The van der Waals surface area contributed by atoms with Crippen LogP contribution in [0.15, 0.2) is 23.0 Å². The summed E-state index contributed by atoms with van der Waals surface area (Å²) in [6, 6.07) is 6.70. The molecule has 2 aliphatic rings. The highest BCUT2D eigenvalue weighted by molar-refractivity contribution is 7.11. The smallest absolute Gasteiger partial charge is 0.277 e. The van der Waals surface area contributed by atoms with Crippen molar-refractivity contribution in [1.29, 1.82) is 0 Å². The number of piperidine rings is 1. The molecule has 1 atom stereocenters. The summed E-state index contributed by atoms with van der Waals surface area (Å²) in [5, 5.41) is 3.35. The standard InChI is InChI=1S/C22H27N5O2S/c1-14-6-7-16(30-14)12-26-9-4-3-5-20(26)19-11-21-23-18-8-10-25(15(2)28)13-17(18)22(29)27(21)24-19/h6-7,11,20,24H,3-5,8-10,12-13H2,1-2H3/t20-/m1/s1. The zero-order valence-electron chi connectivity index (χ0n) is 17.5. The van der Waals surface area contributed by atoms with Crippen molar-refractivity contribution >= 4 is 22.9 Å². The van der Waals surface area contributed by atoms with Gasteiger partial charge in [0.05, 0.1) is 29.5 Å². The van der Waals surface area contributed by atoms with Gasteiger partial charge in [-0.25, -0.2) is 9.50 Å². The van der Waals surface area contributed by atoms with Crippen LogP contribution in [0.1, 0.15) is 58.9 Å². The molecular formula is C22H27N5O2S. The van der Waals surface area contributed by atoms with E-state index in [9.17, 15) is 9.59 Å². The van der Waals surface area contributed by atoms with Crippen molar-refractivity contribution in [2.75, 3.05) is 13.1 Å². The SMILES string of the molecule is CC(=O)N1CCc2nc3cc([C@H]4CCCCN4Cc4ccc(C)s4)[nH]n3c(=O)c2C1. The first-order valence-corrected chi connectivity index (χ1v) is 11.5. The van der Waals surface area contributed by atoms with Gasteiger partial charge in [0, 0.05) is 42.3 Å². The Balaban J connectivity index is 1.49. The van der Waals surface area contributed by atoms with Gasteiger partial charge in [-0.3, -0.25) is 19.6 Å². The molecule has 0 aromatic carbocycles. The molecule has 0 aliphatic carbocycles. The second kappa shape index (κ2) is 7.67. The minimum atomic E-state index is -0.0801. The van der Waals surface area contributed by atoms with Crippen molar-refractivity contribution in [1.82, 2.24) is 24.4 Å². The first-order chi connectivity index (χ1) is 14.5. The fraction of sp³-hybridized carbons (Fsp3) is 0.500. The third-order valence-electron chi connectivity index (χ3n) is 6.35. The van der Waals surface area contributed by atoms with E-state index >= 15 is 0 Å². The molecule has 30 heavy (non-hydrogen) atoms. The molecule has 158 valence electrons. The highest BCUT2D eigenvalue weighted by Gasteiger charge is 2.28. The van der Waals surface area contributed by atoms with E-state index in [1.54, 1.807) is 16.3 Å². The maximum atomic E-state index is 13.2. The van der Waals surface area contributed by atoms with Crippen LogP contribution >= 0.6 is 11.3 Å². The molecule has 1 saturated heterocycles. The molecule has 0 saturated carbocycles. The minimum absolute atomic E-state index is 0.000942. The Kier molecular flexibility index (Phi) is 4.99. The predicted molar refractivity (Wildman–Crippen MR) is 117 cm³/mol. The normalized spacial score (nSPS) is 19.9. The van der Waals surface area contributed by atoms with Gasteiger partial charge in [0.15, 0.2) is 5.65 Å². The van der Waals surface area contributed by atoms with E-state index in [-0.39, 0.29) is 17.5 Å². The van der Waals surface area contributed by atoms with Crippen molar-refractivity contribution < 1.29 is 4.79 Å². The molecule has 5 heterocycles. The Hall–Kier alpha value is -2.45. The second-order valence-electron chi connectivity index (χ2n) is 8.43. The largest absolute Gasteiger partial charge is 0.338 e. The third-order valence-corrected chi connectivity index (χ3v) is 7.34. The lowest BCUT2D eigenvalue weighted by Crippen LogP contribution is -2.39. The van der Waals surface area contributed by atoms with E-state index in [2.05, 4.69) is 29.1 Å². The van der Waals surface area contributed by atoms with Crippen LogP contribution in [0.3, 0.4) is 0 Å². The van der Waals surface area contributed by atoms with Crippen LogP contribution in [0.5, 0.6) is 0 Å². The Labute approximate surface area is 179 Å². The van der Waals surface area contributed by atoms with E-state index in [4.69, 9.17) is 4.98 Å². The molecular weight excluding hydrogens is 398 g/mol. The highest BCUT2D eigenvalue weighted by atomic mass is 32.1. The van der Waals surface area contributed by atoms with Crippen molar-refractivity contribution in [2.45, 2.75) is 58.7 Å². The summed E-state index contributed by atoms with van der Waals surface area (Å²) in [7, 11) is 0. The maximum absolute atomic E-state index is 13.2. The second-order valence-corrected chi connectivity index (χ2v) is 9.80. The van der Waals surface area contributed by atoms with Gasteiger partial charge < -0.3 is 4.90 Å². The molecule has 5 rings (SSSR count). The number of hydrogen-bond acceptors (Lipinski definition) is 5. The van der Waals surface area contributed by atoms with Gasteiger partial charge in [-0.2, -0.15) is 0 Å². The number of aryl methyl sites for hydroxylation is 1. The summed E-state index contributed by atoms with van der Waals surface area (Å²) >= 11 is 1.85. The van der Waals surface area contributed by atoms with E-state index in [1.165, 1.54) is 22.6 Å². The molecule has 3 aromatic heterocycles. The van der Waals surface area contributed by atoms with E-state index in [1.807, 2.05) is 17.4 Å². The van der Waals surface area contributed by atoms with Crippen LogP contribution in [0.4, 0.5) is 0 Å². The molecule has 7 nitrogen and oxygen atoms in total. The average molecular weight is 426 g/mol. The van der Waals surface area contributed by atoms with Gasteiger partial charge in [-0.1, -0.05) is 6.42 Å². The number of carbonyl (C=O) groups is 1. The summed E-state index contributed by atoms with van der Waals surface area (Å²) < 4.78 is 1.57. The summed E-state index contributed by atoms with van der Waals surface area (Å²) in [6.07, 6.45) is 4.10. The molecule has 3 aromatic rings. The lowest BCUT2D eigenvalue weighted by atomic mass is 9.99. The van der Waals surface area contributed by atoms with Crippen LogP contribution in [-0.2, 0) is 24.3 Å². The number of likely N-dealkylation sites (tertiary alicyclic amines) is 1. The van der Waals surface area contributed by atoms with Crippen molar-refractivity contribution in [2.24, 2.45) is 0 Å². The van der Waals surface area contributed by atoms with Crippen molar-refractivity contribution in [3.05, 3.63) is 55.3 Å². The zero-order valence-corrected chi connectivity index (χ0v) is 18.3. The van der Waals surface area contributed by atoms with E-state index in [0.29, 0.717) is 30.7 Å². The van der Waals surface area contributed by atoms with Crippen molar-refractivity contribution in [3.63, 3.8) is 0 Å². The Morgan fingerprint density at radius 1 is 1.30 bits per heavy atom. The van der Waals surface area contributed by atoms with Crippen molar-refractivity contribution in [3.8, 4) is 0 Å². The van der Waals surface area contributed by atoms with Gasteiger partial charge in [-0.15, -0.1) is 11.3 Å². The summed E-state index contributed by atoms with van der Waals surface area (Å²) in [5.74, 6) is -0.000942. The molecule has 0 radical (unpaired) electrons. The van der Waals surface area contributed by atoms with Crippen LogP contribution < -0.4 is 5.56 Å². The average Bonchev–Trinajstić information content (AvgIpc) is 3.34. The Morgan fingerprint density at radius 3 is 2.93 bits per heavy atom. The molecule has 0 bridgehead atoms. The predicted octanol–water partition coefficient (Wildman–Crippen LogP) is 3.02. The lowest BCUT2D eigenvalue weighted by Gasteiger charge is -2.34. The van der Waals surface area contributed by atoms with E-state index in [0.717, 1.165) is 30.9 Å². The quantitative estimate of drug-likeness (QED) is 0.700. The fourth-order valence-corrected chi connectivity index (χ4v) is 5.66. The first-order valence-electron chi connectivity index (χ1n) is 10.7. The zero-order chi connectivity index (χ0) is 20.8. The molecule has 2 aliphatic heterocycles. The lowest BCUT2D eigenvalue weighted by molar-refractivity contribution is -0.129. The first kappa shape index (κ1) is 19.5. The Bertz CT molecular complexity index is 1160. The number of rotatable bonds is 3. The number of nitrogens with one attached hydrogen (secondary N) is 1. The van der Waals surface area contributed by atoms with Gasteiger partial charge in [-0.05, 0) is 38.4 Å².